The van der Waals surface area contributed by atoms with E-state index in [2.05, 4.69) is 20.6 Å². The molecule has 2 aromatic carbocycles. The summed E-state index contributed by atoms with van der Waals surface area (Å²) in [5, 5.41) is 7.45. The molecule has 0 aliphatic heterocycles. The van der Waals surface area contributed by atoms with Crippen LogP contribution in [0.25, 0.3) is 0 Å². The van der Waals surface area contributed by atoms with Crippen LogP contribution in [0.1, 0.15) is 0 Å². The smallest absolute Gasteiger partial charge is 0.142 e. The number of hydrogen-bond donors (Lipinski definition) is 2. The van der Waals surface area contributed by atoms with E-state index in [9.17, 15) is 0 Å². The zero-order valence-electron chi connectivity index (χ0n) is 14.1. The second kappa shape index (κ2) is 8.12. The topological polar surface area (TPSA) is 68.3 Å². The highest BCUT2D eigenvalue weighted by Crippen LogP contribution is 2.31. The molecule has 0 atom stereocenters. The van der Waals surface area contributed by atoms with Gasteiger partial charge in [-0.2, -0.15) is 0 Å². The van der Waals surface area contributed by atoms with Gasteiger partial charge in [-0.3, -0.25) is 0 Å². The third-order valence-electron chi connectivity index (χ3n) is 3.52. The fourth-order valence-corrected chi connectivity index (χ4v) is 2.73. The van der Waals surface area contributed by atoms with Gasteiger partial charge in [0.2, 0.25) is 0 Å². The highest BCUT2D eigenvalue weighted by molar-refractivity contribution is 6.32. The van der Waals surface area contributed by atoms with Crippen molar-refractivity contribution in [1.82, 2.24) is 9.97 Å². The van der Waals surface area contributed by atoms with Crippen LogP contribution in [0.3, 0.4) is 0 Å². The summed E-state index contributed by atoms with van der Waals surface area (Å²) in [4.78, 5) is 8.43. The van der Waals surface area contributed by atoms with Crippen molar-refractivity contribution in [3.8, 4) is 11.5 Å². The average molecular weight is 391 g/mol. The Morgan fingerprint density at radius 1 is 0.808 bits per heavy atom. The van der Waals surface area contributed by atoms with Crippen LogP contribution in [-0.2, 0) is 0 Å². The summed E-state index contributed by atoms with van der Waals surface area (Å²) in [6.45, 7) is 0. The largest absolute Gasteiger partial charge is 0.495 e. The minimum absolute atomic E-state index is 0.508. The standard InChI is InChI=1S/C18H16Cl2N4O2/c1-25-15-6-4-12(8-13(15)20)23-17-9-18(22-10-21-17)24-14-7-11(19)3-5-16(14)26-2/h3-10H,1-2H3,(H2,21,22,23,24). The van der Waals surface area contributed by atoms with Gasteiger partial charge in [0.05, 0.1) is 24.9 Å². The van der Waals surface area contributed by atoms with Crippen LogP contribution in [-0.4, -0.2) is 24.2 Å². The molecule has 8 heteroatoms. The molecule has 134 valence electrons. The first-order chi connectivity index (χ1) is 12.6. The molecule has 0 saturated heterocycles. The van der Waals surface area contributed by atoms with Gasteiger partial charge in [-0.25, -0.2) is 9.97 Å². The molecule has 0 bridgehead atoms. The van der Waals surface area contributed by atoms with Crippen molar-refractivity contribution < 1.29 is 9.47 Å². The summed E-state index contributed by atoms with van der Waals surface area (Å²) in [7, 11) is 3.16. The highest BCUT2D eigenvalue weighted by atomic mass is 35.5. The normalized spacial score (nSPS) is 10.3. The number of nitrogens with zero attached hydrogens (tertiary/aromatic N) is 2. The Balaban J connectivity index is 1.80. The quantitative estimate of drug-likeness (QED) is 0.595. The van der Waals surface area contributed by atoms with E-state index >= 15 is 0 Å². The van der Waals surface area contributed by atoms with E-state index in [1.54, 1.807) is 50.6 Å². The lowest BCUT2D eigenvalue weighted by molar-refractivity contribution is 0.415. The molecule has 2 N–H and O–H groups in total. The van der Waals surface area contributed by atoms with Crippen LogP contribution in [0.5, 0.6) is 11.5 Å². The van der Waals surface area contributed by atoms with Gasteiger partial charge in [0, 0.05) is 16.8 Å². The summed E-state index contributed by atoms with van der Waals surface area (Å²) in [6.07, 6.45) is 1.45. The minimum atomic E-state index is 0.508. The Bertz CT molecular complexity index is 921. The number of hydrogen-bond acceptors (Lipinski definition) is 6. The molecule has 0 unspecified atom stereocenters. The van der Waals surface area contributed by atoms with Crippen LogP contribution >= 0.6 is 23.2 Å². The molecule has 3 aromatic rings. The fourth-order valence-electron chi connectivity index (χ4n) is 2.30. The second-order valence-corrected chi connectivity index (χ2v) is 6.08. The molecule has 0 amide bonds. The van der Waals surface area contributed by atoms with Crippen molar-refractivity contribution in [2.24, 2.45) is 0 Å². The first kappa shape index (κ1) is 18.1. The SMILES string of the molecule is COc1ccc(Nc2cc(Nc3cc(Cl)ccc3OC)ncn2)cc1Cl. The molecule has 0 aliphatic rings. The van der Waals surface area contributed by atoms with Crippen molar-refractivity contribution in [3.63, 3.8) is 0 Å². The number of rotatable bonds is 6. The lowest BCUT2D eigenvalue weighted by Gasteiger charge is -2.12. The molecular weight excluding hydrogens is 375 g/mol. The molecular formula is C18H16Cl2N4O2. The van der Waals surface area contributed by atoms with Crippen molar-refractivity contribution in [2.45, 2.75) is 0 Å². The molecule has 0 radical (unpaired) electrons. The fraction of sp³-hybridized carbons (Fsp3) is 0.111. The first-order valence-electron chi connectivity index (χ1n) is 7.62. The Kier molecular flexibility index (Phi) is 5.65. The van der Waals surface area contributed by atoms with Gasteiger partial charge in [0.25, 0.3) is 0 Å². The number of ether oxygens (including phenoxy) is 2. The molecule has 1 heterocycles. The maximum absolute atomic E-state index is 6.15. The third kappa shape index (κ3) is 4.28. The molecule has 26 heavy (non-hydrogen) atoms. The summed E-state index contributed by atoms with van der Waals surface area (Å²) in [6, 6.07) is 12.4. The summed E-state index contributed by atoms with van der Waals surface area (Å²) >= 11 is 12.2. The van der Waals surface area contributed by atoms with Crippen molar-refractivity contribution in [2.75, 3.05) is 24.9 Å². The van der Waals surface area contributed by atoms with Gasteiger partial charge in [-0.05, 0) is 36.4 Å². The monoisotopic (exact) mass is 390 g/mol. The van der Waals surface area contributed by atoms with Crippen LogP contribution < -0.4 is 20.1 Å². The van der Waals surface area contributed by atoms with E-state index in [4.69, 9.17) is 32.7 Å². The zero-order valence-corrected chi connectivity index (χ0v) is 15.6. The number of anilines is 4. The molecule has 6 nitrogen and oxygen atoms in total. The number of methoxy groups -OCH3 is 2. The first-order valence-corrected chi connectivity index (χ1v) is 8.38. The summed E-state index contributed by atoms with van der Waals surface area (Å²) in [5.74, 6) is 2.45. The minimum Gasteiger partial charge on any atom is -0.495 e. The van der Waals surface area contributed by atoms with Gasteiger partial charge >= 0.3 is 0 Å². The lowest BCUT2D eigenvalue weighted by atomic mass is 10.3. The van der Waals surface area contributed by atoms with Crippen LogP contribution in [0, 0.1) is 0 Å². The highest BCUT2D eigenvalue weighted by Gasteiger charge is 2.07. The second-order valence-electron chi connectivity index (χ2n) is 5.23. The Labute approximate surface area is 161 Å². The summed E-state index contributed by atoms with van der Waals surface area (Å²) in [5.41, 5.74) is 1.48. The number of aromatic nitrogens is 2. The lowest BCUT2D eigenvalue weighted by Crippen LogP contribution is -2.00. The molecule has 0 aliphatic carbocycles. The molecule has 1 aromatic heterocycles. The van der Waals surface area contributed by atoms with Gasteiger partial charge in [-0.1, -0.05) is 23.2 Å². The van der Waals surface area contributed by atoms with E-state index in [-0.39, 0.29) is 0 Å². The van der Waals surface area contributed by atoms with Crippen LogP contribution in [0.4, 0.5) is 23.0 Å². The number of halogens is 2. The van der Waals surface area contributed by atoms with Gasteiger partial charge in [0.1, 0.15) is 29.5 Å². The van der Waals surface area contributed by atoms with Gasteiger partial charge in [0.15, 0.2) is 0 Å². The Morgan fingerprint density at radius 2 is 1.50 bits per heavy atom. The number of nitrogens with one attached hydrogen (secondary N) is 2. The average Bonchev–Trinajstić information content (AvgIpc) is 2.62. The van der Waals surface area contributed by atoms with E-state index < -0.39 is 0 Å². The number of benzene rings is 2. The predicted molar refractivity (Wildman–Crippen MR) is 105 cm³/mol. The van der Waals surface area contributed by atoms with Crippen LogP contribution in [0.2, 0.25) is 10.0 Å². The molecule has 0 fully saturated rings. The Hall–Kier alpha value is -2.70. The zero-order chi connectivity index (χ0) is 18.5. The van der Waals surface area contributed by atoms with Crippen molar-refractivity contribution in [1.29, 1.82) is 0 Å². The Morgan fingerprint density at radius 3 is 2.19 bits per heavy atom. The molecule has 0 saturated carbocycles. The van der Waals surface area contributed by atoms with Gasteiger partial charge in [-0.15, -0.1) is 0 Å². The van der Waals surface area contributed by atoms with E-state index in [0.29, 0.717) is 38.9 Å². The van der Waals surface area contributed by atoms with E-state index in [1.807, 2.05) is 6.07 Å². The maximum atomic E-state index is 6.15. The summed E-state index contributed by atoms with van der Waals surface area (Å²) < 4.78 is 10.5. The van der Waals surface area contributed by atoms with Crippen LogP contribution in [0.15, 0.2) is 48.8 Å². The van der Waals surface area contributed by atoms with E-state index in [1.165, 1.54) is 6.33 Å². The molecule has 0 spiro atoms. The van der Waals surface area contributed by atoms with Crippen molar-refractivity contribution >= 4 is 46.2 Å². The van der Waals surface area contributed by atoms with E-state index in [0.717, 1.165) is 5.69 Å². The van der Waals surface area contributed by atoms with Crippen molar-refractivity contribution in [3.05, 3.63) is 58.8 Å². The molecule has 3 rings (SSSR count). The van der Waals surface area contributed by atoms with Gasteiger partial charge < -0.3 is 20.1 Å². The third-order valence-corrected chi connectivity index (χ3v) is 4.05. The maximum Gasteiger partial charge on any atom is 0.142 e. The predicted octanol–water partition coefficient (Wildman–Crippen LogP) is 5.29.